The van der Waals surface area contributed by atoms with E-state index in [0.717, 1.165) is 12.8 Å². The quantitative estimate of drug-likeness (QED) is 0.817. The van der Waals surface area contributed by atoms with Gasteiger partial charge >= 0.3 is 0 Å². The summed E-state index contributed by atoms with van der Waals surface area (Å²) in [6.45, 7) is 5.68. The van der Waals surface area contributed by atoms with Crippen LogP contribution < -0.4 is 0 Å². The fraction of sp³-hybridized carbons (Fsp3) is 0.714. The highest BCUT2D eigenvalue weighted by Gasteiger charge is 2.45. The molecule has 0 saturated carbocycles. The highest BCUT2D eigenvalue weighted by Crippen LogP contribution is 2.48. The van der Waals surface area contributed by atoms with Gasteiger partial charge in [0, 0.05) is 11.8 Å². The Morgan fingerprint density at radius 3 is 2.65 bits per heavy atom. The number of ketones is 2. The summed E-state index contributed by atoms with van der Waals surface area (Å²) in [6, 6.07) is 0. The lowest BCUT2D eigenvalue weighted by molar-refractivity contribution is -0.131. The van der Waals surface area contributed by atoms with Gasteiger partial charge in [-0.15, -0.1) is 0 Å². The SMILES string of the molecule is CC1(C)CCC=CC(=O)[C@@]1(C)CCC(=O)CO. The van der Waals surface area contributed by atoms with Crippen molar-refractivity contribution < 1.29 is 14.7 Å². The van der Waals surface area contributed by atoms with Crippen molar-refractivity contribution in [3.8, 4) is 0 Å². The molecule has 3 nitrogen and oxygen atoms in total. The van der Waals surface area contributed by atoms with Crippen molar-refractivity contribution in [1.29, 1.82) is 0 Å². The first kappa shape index (κ1) is 14.1. The lowest BCUT2D eigenvalue weighted by Gasteiger charge is -2.41. The molecule has 1 N–H and O–H groups in total. The van der Waals surface area contributed by atoms with Crippen molar-refractivity contribution in [2.24, 2.45) is 10.8 Å². The van der Waals surface area contributed by atoms with Crippen molar-refractivity contribution in [3.63, 3.8) is 0 Å². The molecule has 1 atom stereocenters. The molecule has 1 rings (SSSR count). The predicted molar refractivity (Wildman–Crippen MR) is 66.6 cm³/mol. The summed E-state index contributed by atoms with van der Waals surface area (Å²) < 4.78 is 0. The van der Waals surface area contributed by atoms with Crippen LogP contribution in [0.5, 0.6) is 0 Å². The Hall–Kier alpha value is -0.960. The Bertz CT molecular complexity index is 341. The van der Waals surface area contributed by atoms with Crippen molar-refractivity contribution in [1.82, 2.24) is 0 Å². The van der Waals surface area contributed by atoms with E-state index in [1.54, 1.807) is 6.08 Å². The van der Waals surface area contributed by atoms with Gasteiger partial charge in [0.2, 0.25) is 0 Å². The zero-order valence-electron chi connectivity index (χ0n) is 11.0. The van der Waals surface area contributed by atoms with Crippen LogP contribution >= 0.6 is 0 Å². The van der Waals surface area contributed by atoms with Crippen LogP contribution in [-0.2, 0) is 9.59 Å². The topological polar surface area (TPSA) is 54.4 Å². The van der Waals surface area contributed by atoms with Gasteiger partial charge < -0.3 is 5.11 Å². The van der Waals surface area contributed by atoms with Crippen LogP contribution in [0.2, 0.25) is 0 Å². The number of aliphatic hydroxyl groups is 1. The van der Waals surface area contributed by atoms with Crippen molar-refractivity contribution >= 4 is 11.6 Å². The standard InChI is InChI=1S/C14H22O3/c1-13(2)8-5-4-6-12(17)14(13,3)9-7-11(16)10-15/h4,6,15H,5,7-10H2,1-3H3/t14-/m1/s1. The first-order valence-electron chi connectivity index (χ1n) is 6.17. The summed E-state index contributed by atoms with van der Waals surface area (Å²) in [5, 5.41) is 8.75. The van der Waals surface area contributed by atoms with Crippen LogP contribution in [0.3, 0.4) is 0 Å². The second-order valence-electron chi connectivity index (χ2n) is 5.72. The van der Waals surface area contributed by atoms with E-state index in [1.165, 1.54) is 0 Å². The summed E-state index contributed by atoms with van der Waals surface area (Å²) in [4.78, 5) is 23.4. The van der Waals surface area contributed by atoms with Crippen LogP contribution in [0.4, 0.5) is 0 Å². The molecule has 0 aromatic heterocycles. The first-order valence-corrected chi connectivity index (χ1v) is 6.17. The number of carbonyl (C=O) groups is 2. The van der Waals surface area contributed by atoms with Gasteiger partial charge in [-0.2, -0.15) is 0 Å². The maximum absolute atomic E-state index is 12.2. The molecule has 17 heavy (non-hydrogen) atoms. The number of carbonyl (C=O) groups excluding carboxylic acids is 2. The fourth-order valence-corrected chi connectivity index (χ4v) is 2.36. The Morgan fingerprint density at radius 1 is 1.41 bits per heavy atom. The van der Waals surface area contributed by atoms with E-state index in [-0.39, 0.29) is 23.4 Å². The molecule has 0 amide bonds. The molecular weight excluding hydrogens is 216 g/mol. The largest absolute Gasteiger partial charge is 0.389 e. The average molecular weight is 238 g/mol. The Morgan fingerprint density at radius 2 is 2.06 bits per heavy atom. The van der Waals surface area contributed by atoms with E-state index in [1.807, 2.05) is 13.0 Å². The van der Waals surface area contributed by atoms with Crippen LogP contribution in [0, 0.1) is 10.8 Å². The summed E-state index contributed by atoms with van der Waals surface area (Å²) in [7, 11) is 0. The molecule has 1 aliphatic rings. The minimum Gasteiger partial charge on any atom is -0.389 e. The average Bonchev–Trinajstić information content (AvgIpc) is 2.38. The molecule has 3 heteroatoms. The van der Waals surface area contributed by atoms with Crippen LogP contribution in [0.1, 0.15) is 46.5 Å². The second kappa shape index (κ2) is 5.13. The Labute approximate surface area is 103 Å². The molecule has 0 aliphatic heterocycles. The summed E-state index contributed by atoms with van der Waals surface area (Å²) in [5.41, 5.74) is -0.631. The van der Waals surface area contributed by atoms with Gasteiger partial charge in [0.25, 0.3) is 0 Å². The third-order valence-electron chi connectivity index (χ3n) is 4.32. The van der Waals surface area contributed by atoms with Crippen LogP contribution in [0.25, 0.3) is 0 Å². The third-order valence-corrected chi connectivity index (χ3v) is 4.32. The molecule has 96 valence electrons. The van der Waals surface area contributed by atoms with Crippen molar-refractivity contribution in [3.05, 3.63) is 12.2 Å². The lowest BCUT2D eigenvalue weighted by atomic mass is 9.61. The van der Waals surface area contributed by atoms with Gasteiger partial charge in [0.1, 0.15) is 6.61 Å². The highest BCUT2D eigenvalue weighted by atomic mass is 16.3. The number of Topliss-reactive ketones (excluding diaryl/α,β-unsaturated/α-hetero) is 1. The van der Waals surface area contributed by atoms with Gasteiger partial charge in [-0.1, -0.05) is 26.8 Å². The van der Waals surface area contributed by atoms with E-state index < -0.39 is 12.0 Å². The molecule has 0 radical (unpaired) electrons. The minimum absolute atomic E-state index is 0.103. The third kappa shape index (κ3) is 2.83. The molecule has 0 heterocycles. The zero-order valence-corrected chi connectivity index (χ0v) is 11.0. The Balaban J connectivity index is 2.89. The maximum Gasteiger partial charge on any atom is 0.161 e. The molecule has 0 aromatic carbocycles. The summed E-state index contributed by atoms with van der Waals surface area (Å²) >= 11 is 0. The van der Waals surface area contributed by atoms with Crippen molar-refractivity contribution in [2.45, 2.75) is 46.5 Å². The van der Waals surface area contributed by atoms with Crippen LogP contribution in [-0.4, -0.2) is 23.3 Å². The fourth-order valence-electron chi connectivity index (χ4n) is 2.36. The lowest BCUT2D eigenvalue weighted by Crippen LogP contribution is -2.41. The highest BCUT2D eigenvalue weighted by molar-refractivity contribution is 5.95. The molecule has 0 fully saturated rings. The van der Waals surface area contributed by atoms with E-state index in [0.29, 0.717) is 6.42 Å². The molecule has 0 bridgehead atoms. The van der Waals surface area contributed by atoms with Crippen molar-refractivity contribution in [2.75, 3.05) is 6.61 Å². The number of aliphatic hydroxyl groups excluding tert-OH is 1. The molecule has 0 aromatic rings. The van der Waals surface area contributed by atoms with Gasteiger partial charge in [-0.25, -0.2) is 0 Å². The number of hydrogen-bond donors (Lipinski definition) is 1. The van der Waals surface area contributed by atoms with Gasteiger partial charge in [0.05, 0.1) is 0 Å². The monoisotopic (exact) mass is 238 g/mol. The minimum atomic E-state index is -0.509. The van der Waals surface area contributed by atoms with E-state index >= 15 is 0 Å². The maximum atomic E-state index is 12.2. The van der Waals surface area contributed by atoms with Gasteiger partial charge in [-0.05, 0) is 30.8 Å². The summed E-state index contributed by atoms with van der Waals surface area (Å²) in [6.07, 6.45) is 6.21. The molecule has 0 spiro atoms. The van der Waals surface area contributed by atoms with Gasteiger partial charge in [-0.3, -0.25) is 9.59 Å². The predicted octanol–water partition coefficient (Wildman–Crippen LogP) is 2.28. The summed E-state index contributed by atoms with van der Waals surface area (Å²) in [5.74, 6) is -0.0891. The molecule has 1 aliphatic carbocycles. The molecular formula is C14H22O3. The number of rotatable bonds is 4. The first-order chi connectivity index (χ1) is 7.83. The zero-order chi connectivity index (χ0) is 13.1. The number of allylic oxidation sites excluding steroid dienone is 2. The Kier molecular flexibility index (Phi) is 4.26. The molecule has 0 unspecified atom stereocenters. The van der Waals surface area contributed by atoms with E-state index in [9.17, 15) is 9.59 Å². The van der Waals surface area contributed by atoms with E-state index in [4.69, 9.17) is 5.11 Å². The second-order valence-corrected chi connectivity index (χ2v) is 5.72. The van der Waals surface area contributed by atoms with E-state index in [2.05, 4.69) is 13.8 Å². The number of hydrogen-bond acceptors (Lipinski definition) is 3. The normalized spacial score (nSPS) is 27.9. The van der Waals surface area contributed by atoms with Gasteiger partial charge in [0.15, 0.2) is 11.6 Å². The van der Waals surface area contributed by atoms with Crippen LogP contribution in [0.15, 0.2) is 12.2 Å². The molecule has 0 saturated heterocycles. The smallest absolute Gasteiger partial charge is 0.161 e.